The molecule has 38 heavy (non-hydrogen) atoms. The number of ketones is 1. The maximum atomic E-state index is 13.9. The number of rotatable bonds is 11. The van der Waals surface area contributed by atoms with Crippen LogP contribution in [-0.2, 0) is 17.8 Å². The van der Waals surface area contributed by atoms with Gasteiger partial charge in [-0.2, -0.15) is 0 Å². The number of benzene rings is 2. The van der Waals surface area contributed by atoms with E-state index in [9.17, 15) is 14.0 Å². The van der Waals surface area contributed by atoms with Crippen molar-refractivity contribution in [2.45, 2.75) is 65.0 Å². The number of carbonyl (C=O) groups is 2. The quantitative estimate of drug-likeness (QED) is 0.330. The fraction of sp³-hybridized carbons (Fsp3) is 0.355. The fourth-order valence-electron chi connectivity index (χ4n) is 4.75. The second-order valence-electron chi connectivity index (χ2n) is 10.0. The molecular formula is C31H35FN4O2. The van der Waals surface area contributed by atoms with E-state index in [1.807, 2.05) is 37.5 Å². The zero-order valence-corrected chi connectivity index (χ0v) is 22.3. The van der Waals surface area contributed by atoms with Gasteiger partial charge >= 0.3 is 6.03 Å². The molecule has 1 aliphatic rings. The van der Waals surface area contributed by atoms with Crippen LogP contribution < -0.4 is 5.32 Å². The zero-order valence-electron chi connectivity index (χ0n) is 22.3. The average Bonchev–Trinajstić information content (AvgIpc) is 3.41. The van der Waals surface area contributed by atoms with Gasteiger partial charge < -0.3 is 10.2 Å². The number of hydrogen-bond acceptors (Lipinski definition) is 4. The molecule has 2 amide bonds. The first-order chi connectivity index (χ1) is 18.3. The Morgan fingerprint density at radius 1 is 1.13 bits per heavy atom. The maximum absolute atomic E-state index is 13.9. The van der Waals surface area contributed by atoms with E-state index in [-0.39, 0.29) is 30.2 Å². The van der Waals surface area contributed by atoms with Crippen LogP contribution in [0.1, 0.15) is 54.5 Å². The van der Waals surface area contributed by atoms with Crippen molar-refractivity contribution in [3.63, 3.8) is 0 Å². The summed E-state index contributed by atoms with van der Waals surface area (Å²) < 4.78 is 13.9. The van der Waals surface area contributed by atoms with Gasteiger partial charge in [0.05, 0.1) is 0 Å². The van der Waals surface area contributed by atoms with Gasteiger partial charge in [0.2, 0.25) is 0 Å². The van der Waals surface area contributed by atoms with Crippen LogP contribution in [0.5, 0.6) is 0 Å². The number of Topliss-reactive ketones (excluding diaryl/α,β-unsaturated/α-hetero) is 1. The minimum absolute atomic E-state index is 0.111. The van der Waals surface area contributed by atoms with Crippen LogP contribution >= 0.6 is 0 Å². The highest BCUT2D eigenvalue weighted by Gasteiger charge is 2.22. The summed E-state index contributed by atoms with van der Waals surface area (Å²) in [6.07, 6.45) is 9.22. The first-order valence-electron chi connectivity index (χ1n) is 13.1. The van der Waals surface area contributed by atoms with Crippen molar-refractivity contribution in [3.05, 3.63) is 88.6 Å². The van der Waals surface area contributed by atoms with Gasteiger partial charge in [-0.1, -0.05) is 42.0 Å². The van der Waals surface area contributed by atoms with Crippen molar-refractivity contribution in [2.24, 2.45) is 4.99 Å². The number of pyridine rings is 1. The lowest BCUT2D eigenvalue weighted by Crippen LogP contribution is -2.43. The summed E-state index contributed by atoms with van der Waals surface area (Å²) in [5.41, 5.74) is 4.19. The molecule has 0 aliphatic carbocycles. The summed E-state index contributed by atoms with van der Waals surface area (Å²) in [6, 6.07) is 12.7. The average molecular weight is 515 g/mol. The number of amides is 2. The van der Waals surface area contributed by atoms with Crippen molar-refractivity contribution in [1.82, 2.24) is 15.2 Å². The third-order valence-corrected chi connectivity index (χ3v) is 7.14. The Morgan fingerprint density at radius 2 is 1.97 bits per heavy atom. The second kappa shape index (κ2) is 12.6. The fourth-order valence-corrected chi connectivity index (χ4v) is 4.75. The number of nitrogens with one attached hydrogen (secondary N) is 1. The summed E-state index contributed by atoms with van der Waals surface area (Å²) in [5, 5.41) is 5.06. The highest BCUT2D eigenvalue weighted by atomic mass is 19.1. The van der Waals surface area contributed by atoms with E-state index in [4.69, 9.17) is 0 Å². The molecule has 1 aromatic heterocycles. The lowest BCUT2D eigenvalue weighted by Gasteiger charge is -2.28. The molecule has 7 heteroatoms. The minimum Gasteiger partial charge on any atom is -0.334 e. The third-order valence-electron chi connectivity index (χ3n) is 7.14. The summed E-state index contributed by atoms with van der Waals surface area (Å²) in [7, 11) is 1.76. The molecule has 0 spiro atoms. The van der Waals surface area contributed by atoms with Gasteiger partial charge in [-0.05, 0) is 55.3 Å². The van der Waals surface area contributed by atoms with Crippen LogP contribution in [0.3, 0.4) is 0 Å². The van der Waals surface area contributed by atoms with Gasteiger partial charge in [0.1, 0.15) is 11.6 Å². The molecule has 1 aliphatic heterocycles. The molecule has 2 heterocycles. The summed E-state index contributed by atoms with van der Waals surface area (Å²) in [5.74, 6) is -0.150. The number of nitrogens with zero attached hydrogens (tertiary/aromatic N) is 3. The molecule has 198 valence electrons. The predicted molar refractivity (Wildman–Crippen MR) is 150 cm³/mol. The third kappa shape index (κ3) is 7.12. The number of aliphatic imine (C=N–C) groups is 1. The van der Waals surface area contributed by atoms with E-state index in [0.29, 0.717) is 37.7 Å². The van der Waals surface area contributed by atoms with Crippen molar-refractivity contribution in [1.29, 1.82) is 0 Å². The van der Waals surface area contributed by atoms with Crippen molar-refractivity contribution in [2.75, 3.05) is 7.05 Å². The van der Waals surface area contributed by atoms with Gasteiger partial charge in [0.25, 0.3) is 0 Å². The summed E-state index contributed by atoms with van der Waals surface area (Å²) in [6.45, 7) is 4.00. The van der Waals surface area contributed by atoms with E-state index in [1.165, 1.54) is 11.6 Å². The van der Waals surface area contributed by atoms with Gasteiger partial charge in [0, 0.05) is 74.5 Å². The molecule has 0 saturated heterocycles. The summed E-state index contributed by atoms with van der Waals surface area (Å²) in [4.78, 5) is 36.3. The Morgan fingerprint density at radius 3 is 2.76 bits per heavy atom. The molecule has 0 radical (unpaired) electrons. The Kier molecular flexibility index (Phi) is 9.00. The standard InChI is InChI=1S/C31H35FN4O2/c1-21-12-13-24-20-34-27(16-25(24)15-21)18-29(37)10-5-9-28(17-26-8-6-14-33-26)36(3)31(38)35-19-23-7-4-11-30(32)22(23)2/h4,7-8,11-16,20,28H,5-6,9-10,17-19H2,1-3H3,(H,35,38)/t28-/m1/s1. The Hall–Kier alpha value is -3.87. The van der Waals surface area contributed by atoms with Crippen LogP contribution in [-0.4, -0.2) is 41.0 Å². The highest BCUT2D eigenvalue weighted by Crippen LogP contribution is 2.21. The molecular weight excluding hydrogens is 479 g/mol. The van der Waals surface area contributed by atoms with Gasteiger partial charge in [-0.3, -0.25) is 14.8 Å². The molecule has 6 nitrogen and oxygen atoms in total. The molecule has 0 bridgehead atoms. The maximum Gasteiger partial charge on any atom is 0.317 e. The van der Waals surface area contributed by atoms with Crippen LogP contribution in [0.2, 0.25) is 0 Å². The molecule has 3 aromatic rings. The number of carbonyl (C=O) groups excluding carboxylic acids is 2. The number of aromatic nitrogens is 1. The first-order valence-corrected chi connectivity index (χ1v) is 13.1. The Bertz CT molecular complexity index is 1380. The van der Waals surface area contributed by atoms with E-state index < -0.39 is 0 Å². The number of allylic oxidation sites excluding steroid dienone is 1. The number of halogens is 1. The SMILES string of the molecule is Cc1ccc2cnc(CC(=O)CCC[C@H](CC3=CCC=N3)N(C)C(=O)NCc3cccc(F)c3C)cc2c1. The normalized spacial score (nSPS) is 13.4. The smallest absolute Gasteiger partial charge is 0.317 e. The molecule has 0 fully saturated rings. The van der Waals surface area contributed by atoms with E-state index in [0.717, 1.165) is 34.1 Å². The van der Waals surface area contributed by atoms with Crippen LogP contribution in [0.25, 0.3) is 10.8 Å². The lowest BCUT2D eigenvalue weighted by molar-refractivity contribution is -0.118. The molecule has 1 N–H and O–H groups in total. The molecule has 0 unspecified atom stereocenters. The van der Waals surface area contributed by atoms with Gasteiger partial charge in [-0.15, -0.1) is 0 Å². The monoisotopic (exact) mass is 514 g/mol. The Labute approximate surface area is 223 Å². The van der Waals surface area contributed by atoms with Crippen molar-refractivity contribution in [3.8, 4) is 0 Å². The topological polar surface area (TPSA) is 74.7 Å². The summed E-state index contributed by atoms with van der Waals surface area (Å²) >= 11 is 0. The molecule has 2 aromatic carbocycles. The van der Waals surface area contributed by atoms with E-state index >= 15 is 0 Å². The number of aryl methyl sites for hydroxylation is 1. The minimum atomic E-state index is -0.285. The molecule has 1 atom stereocenters. The number of fused-ring (bicyclic) bond motifs is 1. The Balaban J connectivity index is 1.33. The molecule has 0 saturated carbocycles. The molecule has 4 rings (SSSR count). The van der Waals surface area contributed by atoms with E-state index in [2.05, 4.69) is 33.5 Å². The predicted octanol–water partition coefficient (Wildman–Crippen LogP) is 6.23. The second-order valence-corrected chi connectivity index (χ2v) is 10.0. The largest absolute Gasteiger partial charge is 0.334 e. The highest BCUT2D eigenvalue weighted by molar-refractivity contribution is 5.85. The van der Waals surface area contributed by atoms with E-state index in [1.54, 1.807) is 24.9 Å². The van der Waals surface area contributed by atoms with Gasteiger partial charge in [-0.25, -0.2) is 9.18 Å². The van der Waals surface area contributed by atoms with Crippen molar-refractivity contribution < 1.29 is 14.0 Å². The number of urea groups is 1. The van der Waals surface area contributed by atoms with Crippen molar-refractivity contribution >= 4 is 28.8 Å². The zero-order chi connectivity index (χ0) is 27.1. The van der Waals surface area contributed by atoms with Gasteiger partial charge in [0.15, 0.2) is 0 Å². The number of hydrogen-bond donors (Lipinski definition) is 1. The van der Waals surface area contributed by atoms with Crippen LogP contribution in [0, 0.1) is 19.7 Å². The van der Waals surface area contributed by atoms with Crippen LogP contribution in [0.15, 0.2) is 65.4 Å². The first kappa shape index (κ1) is 27.2. The van der Waals surface area contributed by atoms with Crippen LogP contribution in [0.4, 0.5) is 9.18 Å². The lowest BCUT2D eigenvalue weighted by atomic mass is 10.00.